The lowest BCUT2D eigenvalue weighted by atomic mass is 9.92. The number of anilines is 1. The highest BCUT2D eigenvalue weighted by Crippen LogP contribution is 2.34. The van der Waals surface area contributed by atoms with Crippen molar-refractivity contribution in [1.82, 2.24) is 0 Å². The Morgan fingerprint density at radius 2 is 1.95 bits per heavy atom. The number of nitrogens with one attached hydrogen (secondary N) is 1. The average Bonchev–Trinajstić information content (AvgIpc) is 2.46. The van der Waals surface area contributed by atoms with Crippen molar-refractivity contribution in [2.75, 3.05) is 4.90 Å². The SMILES string of the molecule is CC(C)Cc1cccc(C(C)C)c1N1C=CC=CC1C=N. The van der Waals surface area contributed by atoms with Crippen LogP contribution in [0.5, 0.6) is 0 Å². The number of hydrogen-bond acceptors (Lipinski definition) is 2. The summed E-state index contributed by atoms with van der Waals surface area (Å²) in [6, 6.07) is 6.63. The molecule has 0 aliphatic carbocycles. The third kappa shape index (κ3) is 3.44. The first-order chi connectivity index (χ1) is 10.0. The van der Waals surface area contributed by atoms with E-state index >= 15 is 0 Å². The van der Waals surface area contributed by atoms with Gasteiger partial charge in [0, 0.05) is 18.1 Å². The molecule has 0 saturated heterocycles. The maximum absolute atomic E-state index is 7.71. The smallest absolute Gasteiger partial charge is 0.0867 e. The van der Waals surface area contributed by atoms with Crippen LogP contribution in [0.2, 0.25) is 0 Å². The summed E-state index contributed by atoms with van der Waals surface area (Å²) in [5.41, 5.74) is 4.03. The molecule has 0 amide bonds. The second-order valence-corrected chi connectivity index (χ2v) is 6.40. The summed E-state index contributed by atoms with van der Waals surface area (Å²) in [4.78, 5) is 2.24. The zero-order valence-corrected chi connectivity index (χ0v) is 13.5. The van der Waals surface area contributed by atoms with Crippen LogP contribution in [0.3, 0.4) is 0 Å². The molecule has 0 aromatic heterocycles. The molecule has 112 valence electrons. The van der Waals surface area contributed by atoms with Gasteiger partial charge in [-0.25, -0.2) is 0 Å². The Labute approximate surface area is 128 Å². The Morgan fingerprint density at radius 1 is 1.19 bits per heavy atom. The molecule has 0 spiro atoms. The molecular formula is C19H26N2. The van der Waals surface area contributed by atoms with Crippen LogP contribution in [-0.4, -0.2) is 12.3 Å². The topological polar surface area (TPSA) is 27.1 Å². The number of allylic oxidation sites excluding steroid dienone is 2. The molecule has 1 aliphatic rings. The third-order valence-electron chi connectivity index (χ3n) is 3.82. The fraction of sp³-hybridized carbons (Fsp3) is 0.421. The summed E-state index contributed by atoms with van der Waals surface area (Å²) in [6.07, 6.45) is 10.8. The van der Waals surface area contributed by atoms with Gasteiger partial charge in [0.1, 0.15) is 0 Å². The Bertz CT molecular complexity index is 553. The second kappa shape index (κ2) is 6.75. The normalized spacial score (nSPS) is 17.8. The first kappa shape index (κ1) is 15.6. The van der Waals surface area contributed by atoms with Crippen molar-refractivity contribution in [3.05, 3.63) is 53.8 Å². The standard InChI is InChI=1S/C19H26N2/c1-14(2)12-16-8-7-10-18(15(3)4)19(16)21-11-6-5-9-17(21)13-20/h5-11,13-15,17,20H,12H2,1-4H3. The predicted octanol–water partition coefficient (Wildman–Crippen LogP) is 4.92. The largest absolute Gasteiger partial charge is 0.336 e. The summed E-state index contributed by atoms with van der Waals surface area (Å²) in [5.74, 6) is 1.09. The van der Waals surface area contributed by atoms with Gasteiger partial charge in [0.2, 0.25) is 0 Å². The van der Waals surface area contributed by atoms with Crippen molar-refractivity contribution < 1.29 is 0 Å². The van der Waals surface area contributed by atoms with Crippen LogP contribution >= 0.6 is 0 Å². The first-order valence-corrected chi connectivity index (χ1v) is 7.80. The lowest BCUT2D eigenvalue weighted by molar-refractivity contribution is 0.645. The molecule has 1 N–H and O–H groups in total. The highest BCUT2D eigenvalue weighted by atomic mass is 15.2. The zero-order valence-electron chi connectivity index (χ0n) is 13.5. The van der Waals surface area contributed by atoms with Gasteiger partial charge in [0.15, 0.2) is 0 Å². The van der Waals surface area contributed by atoms with Crippen molar-refractivity contribution in [3.8, 4) is 0 Å². The van der Waals surface area contributed by atoms with Crippen molar-refractivity contribution in [3.63, 3.8) is 0 Å². The van der Waals surface area contributed by atoms with Gasteiger partial charge in [-0.2, -0.15) is 0 Å². The number of rotatable bonds is 5. The Morgan fingerprint density at radius 3 is 2.57 bits per heavy atom. The third-order valence-corrected chi connectivity index (χ3v) is 3.82. The van der Waals surface area contributed by atoms with Gasteiger partial charge in [-0.3, -0.25) is 0 Å². The van der Waals surface area contributed by atoms with Crippen molar-refractivity contribution in [2.45, 2.75) is 46.1 Å². The van der Waals surface area contributed by atoms with Crippen molar-refractivity contribution in [1.29, 1.82) is 5.41 Å². The molecule has 1 aromatic carbocycles. The van der Waals surface area contributed by atoms with E-state index in [1.807, 2.05) is 6.08 Å². The molecule has 21 heavy (non-hydrogen) atoms. The molecule has 1 unspecified atom stereocenters. The number of hydrogen-bond donors (Lipinski definition) is 1. The fourth-order valence-corrected chi connectivity index (χ4v) is 2.87. The van der Waals surface area contributed by atoms with Gasteiger partial charge in [0.25, 0.3) is 0 Å². The van der Waals surface area contributed by atoms with E-state index in [0.29, 0.717) is 11.8 Å². The molecule has 1 aromatic rings. The zero-order chi connectivity index (χ0) is 15.4. The molecular weight excluding hydrogens is 256 g/mol. The molecule has 1 aliphatic heterocycles. The molecule has 0 radical (unpaired) electrons. The van der Waals surface area contributed by atoms with Gasteiger partial charge in [-0.1, -0.05) is 58.0 Å². The Balaban J connectivity index is 2.55. The van der Waals surface area contributed by atoms with Crippen LogP contribution in [0.4, 0.5) is 5.69 Å². The first-order valence-electron chi connectivity index (χ1n) is 7.80. The van der Waals surface area contributed by atoms with Crippen LogP contribution in [-0.2, 0) is 6.42 Å². The minimum absolute atomic E-state index is 0.0146. The minimum Gasteiger partial charge on any atom is -0.336 e. The van der Waals surface area contributed by atoms with Crippen molar-refractivity contribution >= 4 is 11.9 Å². The number of para-hydroxylation sites is 1. The fourth-order valence-electron chi connectivity index (χ4n) is 2.87. The van der Waals surface area contributed by atoms with Crippen molar-refractivity contribution in [2.24, 2.45) is 5.92 Å². The summed E-state index contributed by atoms with van der Waals surface area (Å²) < 4.78 is 0. The van der Waals surface area contributed by atoms with Gasteiger partial charge in [-0.15, -0.1) is 0 Å². The van der Waals surface area contributed by atoms with E-state index in [2.05, 4.69) is 69.1 Å². The van der Waals surface area contributed by atoms with Crippen LogP contribution < -0.4 is 4.90 Å². The van der Waals surface area contributed by atoms with Gasteiger partial charge < -0.3 is 10.3 Å². The average molecular weight is 282 g/mol. The molecule has 0 fully saturated rings. The molecule has 2 rings (SSSR count). The molecule has 2 heteroatoms. The van der Waals surface area contributed by atoms with Gasteiger partial charge in [0.05, 0.1) is 6.04 Å². The molecule has 1 heterocycles. The predicted molar refractivity (Wildman–Crippen MR) is 92.4 cm³/mol. The quantitative estimate of drug-likeness (QED) is 0.763. The lowest BCUT2D eigenvalue weighted by Gasteiger charge is -2.33. The monoisotopic (exact) mass is 282 g/mol. The highest BCUT2D eigenvalue weighted by molar-refractivity contribution is 5.76. The molecule has 0 saturated carbocycles. The van der Waals surface area contributed by atoms with E-state index < -0.39 is 0 Å². The van der Waals surface area contributed by atoms with Crippen LogP contribution in [0, 0.1) is 11.3 Å². The summed E-state index contributed by atoms with van der Waals surface area (Å²) in [5, 5.41) is 7.71. The van der Waals surface area contributed by atoms with E-state index in [9.17, 15) is 0 Å². The molecule has 1 atom stereocenters. The van der Waals surface area contributed by atoms with E-state index in [4.69, 9.17) is 5.41 Å². The molecule has 2 nitrogen and oxygen atoms in total. The number of benzene rings is 1. The number of nitrogens with zero attached hydrogens (tertiary/aromatic N) is 1. The van der Waals surface area contributed by atoms with Gasteiger partial charge in [-0.05, 0) is 35.5 Å². The van der Waals surface area contributed by atoms with Crippen LogP contribution in [0.15, 0.2) is 42.6 Å². The minimum atomic E-state index is 0.0146. The van der Waals surface area contributed by atoms with Crippen LogP contribution in [0.25, 0.3) is 0 Å². The maximum atomic E-state index is 7.71. The van der Waals surface area contributed by atoms with Crippen LogP contribution in [0.1, 0.15) is 44.7 Å². The summed E-state index contributed by atoms with van der Waals surface area (Å²) in [7, 11) is 0. The Kier molecular flexibility index (Phi) is 5.00. The van der Waals surface area contributed by atoms with E-state index in [1.165, 1.54) is 23.0 Å². The van der Waals surface area contributed by atoms with Gasteiger partial charge >= 0.3 is 0 Å². The summed E-state index contributed by atoms with van der Waals surface area (Å²) >= 11 is 0. The Hall–Kier alpha value is -1.83. The summed E-state index contributed by atoms with van der Waals surface area (Å²) in [6.45, 7) is 8.99. The van der Waals surface area contributed by atoms with E-state index in [0.717, 1.165) is 6.42 Å². The second-order valence-electron chi connectivity index (χ2n) is 6.40. The maximum Gasteiger partial charge on any atom is 0.0867 e. The highest BCUT2D eigenvalue weighted by Gasteiger charge is 2.21. The molecule has 0 bridgehead atoms. The van der Waals surface area contributed by atoms with E-state index in [-0.39, 0.29) is 6.04 Å². The lowest BCUT2D eigenvalue weighted by Crippen LogP contribution is -2.33. The van der Waals surface area contributed by atoms with E-state index in [1.54, 1.807) is 0 Å².